The smallest absolute Gasteiger partial charge is 0.333 e. The molecule has 0 amide bonds. The number of carboxylic acids is 1. The van der Waals surface area contributed by atoms with E-state index >= 15 is 0 Å². The third kappa shape index (κ3) is 31.4. The van der Waals surface area contributed by atoms with E-state index in [4.69, 9.17) is 9.84 Å². The lowest BCUT2D eigenvalue weighted by atomic mass is 10.0. The number of unbranched alkanes of at least 4 members (excludes halogenated alkanes) is 15. The first-order valence-corrected chi connectivity index (χ1v) is 14.2. The van der Waals surface area contributed by atoms with Gasteiger partial charge < -0.3 is 9.84 Å². The fourth-order valence-electron chi connectivity index (χ4n) is 3.53. The van der Waals surface area contributed by atoms with Gasteiger partial charge in [-0.05, 0) is 18.9 Å². The van der Waals surface area contributed by atoms with Gasteiger partial charge in [-0.25, -0.2) is 9.59 Å². The van der Waals surface area contributed by atoms with Gasteiger partial charge in [0.1, 0.15) is 0 Å². The second kappa shape index (κ2) is 29.6. The van der Waals surface area contributed by atoms with E-state index < -0.39 is 5.97 Å². The standard InChI is InChI=1S/C22H42O2.C8H8.C3H4O2/c1-4-5-6-7-8-9-10-11-12-13-14-15-16-17-18-19-20-24-22(23)21(2)3;1-2-8-6-4-3-5-7-8;1-2-3(4)5/h2,4-20H2,1,3H3;2-7H,1H2;2H,1H2,(H,4,5). The van der Waals surface area contributed by atoms with Crippen molar-refractivity contribution in [2.45, 2.75) is 117 Å². The number of carbonyl (C=O) groups is 2. The molecule has 1 N–H and O–H groups in total. The molecule has 0 saturated carbocycles. The van der Waals surface area contributed by atoms with Gasteiger partial charge in [-0.2, -0.15) is 0 Å². The number of carbonyl (C=O) groups excluding carboxylic acids is 1. The Bertz CT molecular complexity index is 694. The molecule has 1 aromatic rings. The van der Waals surface area contributed by atoms with E-state index in [1.807, 2.05) is 36.4 Å². The van der Waals surface area contributed by atoms with Crippen molar-refractivity contribution in [1.82, 2.24) is 0 Å². The third-order valence-corrected chi connectivity index (χ3v) is 5.79. The summed E-state index contributed by atoms with van der Waals surface area (Å²) in [5.41, 5.74) is 1.67. The molecule has 0 fully saturated rings. The van der Waals surface area contributed by atoms with Crippen LogP contribution in [0, 0.1) is 0 Å². The zero-order valence-electron chi connectivity index (χ0n) is 23.9. The van der Waals surface area contributed by atoms with Gasteiger partial charge in [0.15, 0.2) is 0 Å². The molecule has 4 heteroatoms. The molecule has 210 valence electrons. The van der Waals surface area contributed by atoms with Gasteiger partial charge in [0.05, 0.1) is 6.61 Å². The van der Waals surface area contributed by atoms with E-state index in [1.165, 1.54) is 102 Å². The maximum Gasteiger partial charge on any atom is 0.333 e. The minimum atomic E-state index is -0.981. The van der Waals surface area contributed by atoms with Crippen LogP contribution in [-0.4, -0.2) is 23.7 Å². The van der Waals surface area contributed by atoms with Crippen LogP contribution in [0.5, 0.6) is 0 Å². The third-order valence-electron chi connectivity index (χ3n) is 5.79. The summed E-state index contributed by atoms with van der Waals surface area (Å²) >= 11 is 0. The lowest BCUT2D eigenvalue weighted by Gasteiger charge is -2.05. The van der Waals surface area contributed by atoms with Crippen molar-refractivity contribution >= 4 is 18.0 Å². The molecular formula is C33H54O4. The minimum Gasteiger partial charge on any atom is -0.478 e. The summed E-state index contributed by atoms with van der Waals surface area (Å²) in [5.74, 6) is -1.24. The summed E-state index contributed by atoms with van der Waals surface area (Å²) in [6.45, 7) is 14.7. The molecule has 0 bridgehead atoms. The van der Waals surface area contributed by atoms with Crippen molar-refractivity contribution in [3.8, 4) is 0 Å². The van der Waals surface area contributed by atoms with Gasteiger partial charge >= 0.3 is 11.9 Å². The predicted molar refractivity (Wildman–Crippen MR) is 160 cm³/mol. The Morgan fingerprint density at radius 1 is 0.757 bits per heavy atom. The predicted octanol–water partition coefficient (Wildman–Crippen LogP) is 9.95. The van der Waals surface area contributed by atoms with Gasteiger partial charge in [0.2, 0.25) is 0 Å². The monoisotopic (exact) mass is 514 g/mol. The van der Waals surface area contributed by atoms with Crippen molar-refractivity contribution in [3.63, 3.8) is 0 Å². The molecule has 0 saturated heterocycles. The molecule has 0 aliphatic rings. The van der Waals surface area contributed by atoms with Gasteiger partial charge in [0.25, 0.3) is 0 Å². The van der Waals surface area contributed by atoms with Crippen LogP contribution in [0.3, 0.4) is 0 Å². The summed E-state index contributed by atoms with van der Waals surface area (Å²) < 4.78 is 5.08. The van der Waals surface area contributed by atoms with E-state index in [0.717, 1.165) is 12.5 Å². The Hall–Kier alpha value is -2.62. The van der Waals surface area contributed by atoms with E-state index in [2.05, 4.69) is 26.7 Å². The molecular weight excluding hydrogens is 460 g/mol. The molecule has 0 radical (unpaired) electrons. The van der Waals surface area contributed by atoms with Crippen molar-refractivity contribution < 1.29 is 19.4 Å². The molecule has 0 spiro atoms. The zero-order chi connectivity index (χ0) is 28.0. The van der Waals surface area contributed by atoms with Gasteiger partial charge in [0, 0.05) is 11.6 Å². The number of benzene rings is 1. The minimum absolute atomic E-state index is 0.254. The Balaban J connectivity index is 0. The summed E-state index contributed by atoms with van der Waals surface area (Å²) in [6, 6.07) is 10.0. The number of hydrogen-bond acceptors (Lipinski definition) is 3. The first kappa shape index (κ1) is 36.5. The lowest BCUT2D eigenvalue weighted by molar-refractivity contribution is -0.139. The average Bonchev–Trinajstić information content (AvgIpc) is 2.91. The van der Waals surface area contributed by atoms with Gasteiger partial charge in [-0.15, -0.1) is 0 Å². The Kier molecular flexibility index (Phi) is 29.2. The van der Waals surface area contributed by atoms with Crippen LogP contribution in [0.15, 0.2) is 61.7 Å². The van der Waals surface area contributed by atoms with E-state index in [-0.39, 0.29) is 5.97 Å². The normalized spacial score (nSPS) is 9.68. The average molecular weight is 515 g/mol. The highest BCUT2D eigenvalue weighted by molar-refractivity contribution is 5.86. The van der Waals surface area contributed by atoms with E-state index in [1.54, 1.807) is 6.92 Å². The molecule has 4 nitrogen and oxygen atoms in total. The van der Waals surface area contributed by atoms with Crippen molar-refractivity contribution in [2.24, 2.45) is 0 Å². The van der Waals surface area contributed by atoms with Crippen molar-refractivity contribution in [1.29, 1.82) is 0 Å². The Labute approximate surface area is 227 Å². The fraction of sp³-hybridized carbons (Fsp3) is 0.576. The van der Waals surface area contributed by atoms with Crippen LogP contribution in [0.4, 0.5) is 0 Å². The number of ether oxygens (including phenoxy) is 1. The largest absolute Gasteiger partial charge is 0.478 e. The highest BCUT2D eigenvalue weighted by atomic mass is 16.5. The van der Waals surface area contributed by atoms with Gasteiger partial charge in [-0.3, -0.25) is 0 Å². The fourth-order valence-corrected chi connectivity index (χ4v) is 3.53. The molecule has 37 heavy (non-hydrogen) atoms. The number of hydrogen-bond donors (Lipinski definition) is 1. The van der Waals surface area contributed by atoms with Gasteiger partial charge in [-0.1, -0.05) is 159 Å². The van der Waals surface area contributed by atoms with Crippen LogP contribution >= 0.6 is 0 Å². The van der Waals surface area contributed by atoms with Crippen LogP contribution in [-0.2, 0) is 14.3 Å². The summed E-state index contributed by atoms with van der Waals surface area (Å²) in [7, 11) is 0. The molecule has 0 atom stereocenters. The first-order chi connectivity index (χ1) is 17.9. The van der Waals surface area contributed by atoms with Crippen molar-refractivity contribution in [2.75, 3.05) is 6.61 Å². The van der Waals surface area contributed by atoms with Crippen LogP contribution in [0.1, 0.15) is 122 Å². The lowest BCUT2D eigenvalue weighted by Crippen LogP contribution is -2.05. The topological polar surface area (TPSA) is 63.6 Å². The Morgan fingerprint density at radius 3 is 1.43 bits per heavy atom. The molecule has 0 unspecified atom stereocenters. The van der Waals surface area contributed by atoms with Crippen LogP contribution in [0.25, 0.3) is 6.08 Å². The number of aliphatic carboxylic acids is 1. The molecule has 0 aliphatic carbocycles. The quantitative estimate of drug-likeness (QED) is 0.107. The number of esters is 1. The summed E-state index contributed by atoms with van der Waals surface area (Å²) in [6.07, 6.45) is 24.4. The highest BCUT2D eigenvalue weighted by Crippen LogP contribution is 2.13. The SMILES string of the molecule is C=C(C)C(=O)OCCCCCCCCCCCCCCCCCC.C=CC(=O)O.C=Cc1ccccc1. The molecule has 0 aliphatic heterocycles. The van der Waals surface area contributed by atoms with Crippen LogP contribution in [0.2, 0.25) is 0 Å². The molecule has 0 aromatic heterocycles. The maximum absolute atomic E-state index is 11.2. The maximum atomic E-state index is 11.2. The number of carboxylic acid groups (broad SMARTS) is 1. The van der Waals surface area contributed by atoms with E-state index in [9.17, 15) is 9.59 Å². The Morgan fingerprint density at radius 2 is 1.14 bits per heavy atom. The first-order valence-electron chi connectivity index (χ1n) is 14.2. The summed E-state index contributed by atoms with van der Waals surface area (Å²) in [4.78, 5) is 20.4. The van der Waals surface area contributed by atoms with Crippen molar-refractivity contribution in [3.05, 3.63) is 67.3 Å². The molecule has 1 aromatic carbocycles. The zero-order valence-corrected chi connectivity index (χ0v) is 23.9. The molecule has 1 rings (SSSR count). The van der Waals surface area contributed by atoms with Crippen LogP contribution < -0.4 is 0 Å². The second-order valence-electron chi connectivity index (χ2n) is 9.38. The second-order valence-corrected chi connectivity index (χ2v) is 9.38. The van der Waals surface area contributed by atoms with E-state index in [0.29, 0.717) is 12.2 Å². The molecule has 0 heterocycles. The summed E-state index contributed by atoms with van der Waals surface area (Å²) in [5, 5.41) is 7.60. The number of rotatable bonds is 20. The highest BCUT2D eigenvalue weighted by Gasteiger charge is 2.01.